The van der Waals surface area contributed by atoms with Gasteiger partial charge in [-0.15, -0.1) is 0 Å². The lowest BCUT2D eigenvalue weighted by Crippen LogP contribution is -2.23. The topological polar surface area (TPSA) is 24.4 Å². The predicted octanol–water partition coefficient (Wildman–Crippen LogP) is 5.17. The van der Waals surface area contributed by atoms with E-state index in [9.17, 15) is 0 Å². The Hall–Kier alpha value is -2.00. The second-order valence-electron chi connectivity index (χ2n) is 5.96. The molecule has 2 nitrogen and oxygen atoms in total. The van der Waals surface area contributed by atoms with Crippen molar-refractivity contribution in [1.29, 1.82) is 0 Å². The average molecular weight is 337 g/mol. The van der Waals surface area contributed by atoms with Crippen molar-refractivity contribution in [1.82, 2.24) is 5.32 Å². The van der Waals surface area contributed by atoms with Crippen LogP contribution in [0.5, 0.6) is 0 Å². The van der Waals surface area contributed by atoms with Crippen molar-refractivity contribution in [2.24, 2.45) is 4.99 Å². The van der Waals surface area contributed by atoms with Gasteiger partial charge < -0.3 is 5.32 Å². The monoisotopic (exact) mass is 336 g/mol. The SMILES string of the molecule is C1=CC(SC(=NCc2ccccc2)NCc2ccccc2)CCC1. The fraction of sp³-hybridized carbons (Fsp3) is 0.286. The molecule has 1 atom stereocenters. The highest BCUT2D eigenvalue weighted by Gasteiger charge is 2.12. The summed E-state index contributed by atoms with van der Waals surface area (Å²) in [5.74, 6) is 0. The molecule has 0 amide bonds. The molecule has 2 aromatic rings. The summed E-state index contributed by atoms with van der Waals surface area (Å²) in [4.78, 5) is 4.84. The molecule has 1 aliphatic rings. The Morgan fingerprint density at radius 3 is 2.38 bits per heavy atom. The van der Waals surface area contributed by atoms with Crippen molar-refractivity contribution in [2.45, 2.75) is 37.6 Å². The van der Waals surface area contributed by atoms with E-state index in [1.165, 1.54) is 30.4 Å². The Bertz CT molecular complexity index is 665. The molecule has 124 valence electrons. The summed E-state index contributed by atoms with van der Waals surface area (Å²) >= 11 is 1.86. The minimum Gasteiger partial charge on any atom is -0.361 e. The van der Waals surface area contributed by atoms with E-state index in [4.69, 9.17) is 4.99 Å². The van der Waals surface area contributed by atoms with E-state index in [0.717, 1.165) is 18.3 Å². The van der Waals surface area contributed by atoms with Crippen LogP contribution in [0.4, 0.5) is 0 Å². The summed E-state index contributed by atoms with van der Waals surface area (Å²) in [6, 6.07) is 20.9. The third kappa shape index (κ3) is 5.57. The van der Waals surface area contributed by atoms with Crippen LogP contribution in [0.1, 0.15) is 30.4 Å². The third-order valence-corrected chi connectivity index (χ3v) is 5.20. The fourth-order valence-corrected chi connectivity index (χ4v) is 3.73. The molecule has 0 aliphatic heterocycles. The molecule has 0 radical (unpaired) electrons. The Morgan fingerprint density at radius 1 is 1.00 bits per heavy atom. The number of hydrogen-bond acceptors (Lipinski definition) is 2. The maximum atomic E-state index is 4.84. The van der Waals surface area contributed by atoms with Crippen molar-refractivity contribution in [2.75, 3.05) is 0 Å². The van der Waals surface area contributed by atoms with Gasteiger partial charge in [-0.2, -0.15) is 0 Å². The fourth-order valence-electron chi connectivity index (χ4n) is 2.68. The van der Waals surface area contributed by atoms with Crippen LogP contribution in [0, 0.1) is 0 Å². The van der Waals surface area contributed by atoms with Crippen LogP contribution < -0.4 is 5.32 Å². The summed E-state index contributed by atoms with van der Waals surface area (Å²) in [6.07, 6.45) is 8.35. The van der Waals surface area contributed by atoms with E-state index in [1.54, 1.807) is 0 Å². The summed E-state index contributed by atoms with van der Waals surface area (Å²) in [6.45, 7) is 1.54. The van der Waals surface area contributed by atoms with Crippen LogP contribution in [0.15, 0.2) is 77.8 Å². The number of aliphatic imine (C=N–C) groups is 1. The molecule has 0 spiro atoms. The average Bonchev–Trinajstić information content (AvgIpc) is 2.66. The number of rotatable bonds is 5. The van der Waals surface area contributed by atoms with Gasteiger partial charge in [-0.3, -0.25) is 4.99 Å². The zero-order chi connectivity index (χ0) is 16.5. The van der Waals surface area contributed by atoms with E-state index >= 15 is 0 Å². The first-order chi connectivity index (χ1) is 11.9. The molecule has 24 heavy (non-hydrogen) atoms. The second-order valence-corrected chi connectivity index (χ2v) is 7.19. The van der Waals surface area contributed by atoms with E-state index in [-0.39, 0.29) is 0 Å². The molecule has 1 aliphatic carbocycles. The molecular formula is C21H24N2S. The third-order valence-electron chi connectivity index (χ3n) is 4.01. The van der Waals surface area contributed by atoms with Gasteiger partial charge in [0.25, 0.3) is 0 Å². The van der Waals surface area contributed by atoms with Crippen molar-refractivity contribution in [3.05, 3.63) is 83.9 Å². The number of hydrogen-bond donors (Lipinski definition) is 1. The molecule has 1 N–H and O–H groups in total. The maximum Gasteiger partial charge on any atom is 0.157 e. The minimum absolute atomic E-state index is 0.538. The Balaban J connectivity index is 1.65. The molecule has 0 saturated heterocycles. The summed E-state index contributed by atoms with van der Waals surface area (Å²) in [5.41, 5.74) is 2.53. The number of thioether (sulfide) groups is 1. The molecule has 3 heteroatoms. The van der Waals surface area contributed by atoms with Crippen molar-refractivity contribution >= 4 is 16.9 Å². The van der Waals surface area contributed by atoms with E-state index in [2.05, 4.69) is 72.1 Å². The molecule has 3 rings (SSSR count). The first-order valence-electron chi connectivity index (χ1n) is 8.59. The smallest absolute Gasteiger partial charge is 0.157 e. The van der Waals surface area contributed by atoms with Crippen LogP contribution >= 0.6 is 11.8 Å². The molecule has 0 fully saturated rings. The summed E-state index contributed by atoms with van der Waals surface area (Å²) in [7, 11) is 0. The molecule has 0 bridgehead atoms. The minimum atomic E-state index is 0.538. The van der Waals surface area contributed by atoms with Gasteiger partial charge in [-0.1, -0.05) is 84.6 Å². The number of nitrogens with zero attached hydrogens (tertiary/aromatic N) is 1. The lowest BCUT2D eigenvalue weighted by molar-refractivity contribution is 0.742. The number of benzene rings is 2. The van der Waals surface area contributed by atoms with Crippen molar-refractivity contribution < 1.29 is 0 Å². The van der Waals surface area contributed by atoms with Gasteiger partial charge in [-0.25, -0.2) is 0 Å². The summed E-state index contributed by atoms with van der Waals surface area (Å²) in [5, 5.41) is 5.11. The van der Waals surface area contributed by atoms with Crippen LogP contribution in [0.2, 0.25) is 0 Å². The lowest BCUT2D eigenvalue weighted by atomic mass is 10.1. The molecule has 1 unspecified atom stereocenters. The van der Waals surface area contributed by atoms with Gasteiger partial charge in [0.1, 0.15) is 0 Å². The van der Waals surface area contributed by atoms with E-state index < -0.39 is 0 Å². The zero-order valence-electron chi connectivity index (χ0n) is 13.9. The first kappa shape index (κ1) is 16.8. The van der Waals surface area contributed by atoms with Gasteiger partial charge in [0.15, 0.2) is 5.17 Å². The van der Waals surface area contributed by atoms with Gasteiger partial charge in [0, 0.05) is 11.8 Å². The van der Waals surface area contributed by atoms with Crippen molar-refractivity contribution in [3.63, 3.8) is 0 Å². The summed E-state index contributed by atoms with van der Waals surface area (Å²) < 4.78 is 0. The van der Waals surface area contributed by atoms with E-state index in [1.807, 2.05) is 17.8 Å². The maximum absolute atomic E-state index is 4.84. The first-order valence-corrected chi connectivity index (χ1v) is 9.47. The molecule has 2 aromatic carbocycles. The molecule has 0 heterocycles. The van der Waals surface area contributed by atoms with Crippen LogP contribution in [-0.2, 0) is 13.1 Å². The standard InChI is InChI=1S/C21H24N2S/c1-4-10-18(11-5-1)16-22-21(24-20-14-8-3-9-15-20)23-17-19-12-6-2-7-13-19/h1-2,4-8,10-14,20H,3,9,15-17H2,(H,22,23). The highest BCUT2D eigenvalue weighted by Crippen LogP contribution is 2.24. The zero-order valence-corrected chi connectivity index (χ0v) is 14.7. The van der Waals surface area contributed by atoms with Gasteiger partial charge in [-0.05, 0) is 30.4 Å². The Kier molecular flexibility index (Phi) is 6.55. The normalized spacial score (nSPS) is 17.7. The lowest BCUT2D eigenvalue weighted by Gasteiger charge is -2.18. The van der Waals surface area contributed by atoms with Gasteiger partial charge in [0.05, 0.1) is 6.54 Å². The van der Waals surface area contributed by atoms with Crippen LogP contribution in [0.25, 0.3) is 0 Å². The van der Waals surface area contributed by atoms with Crippen LogP contribution in [-0.4, -0.2) is 10.4 Å². The highest BCUT2D eigenvalue weighted by atomic mass is 32.2. The molecular weight excluding hydrogens is 312 g/mol. The number of allylic oxidation sites excluding steroid dienone is 1. The van der Waals surface area contributed by atoms with E-state index in [0.29, 0.717) is 5.25 Å². The van der Waals surface area contributed by atoms with Crippen LogP contribution in [0.3, 0.4) is 0 Å². The quantitative estimate of drug-likeness (QED) is 0.462. The largest absolute Gasteiger partial charge is 0.361 e. The highest BCUT2D eigenvalue weighted by molar-refractivity contribution is 8.14. The molecule has 0 saturated carbocycles. The number of amidine groups is 1. The molecule has 0 aromatic heterocycles. The Morgan fingerprint density at radius 2 is 1.71 bits per heavy atom. The van der Waals surface area contributed by atoms with Crippen molar-refractivity contribution in [3.8, 4) is 0 Å². The number of nitrogens with one attached hydrogen (secondary N) is 1. The second kappa shape index (κ2) is 9.33. The van der Waals surface area contributed by atoms with Gasteiger partial charge >= 0.3 is 0 Å². The predicted molar refractivity (Wildman–Crippen MR) is 105 cm³/mol. The van der Waals surface area contributed by atoms with Gasteiger partial charge in [0.2, 0.25) is 0 Å². The Labute approximate surface area is 149 Å².